The van der Waals surface area contributed by atoms with Gasteiger partial charge in [-0.25, -0.2) is 4.39 Å². The summed E-state index contributed by atoms with van der Waals surface area (Å²) in [6.07, 6.45) is 0.229. The average Bonchev–Trinajstić information content (AvgIpc) is 2.34. The quantitative estimate of drug-likeness (QED) is 0.812. The number of hydrogen-bond donors (Lipinski definition) is 0. The molecular weight excluding hydrogens is 233 g/mol. The molecule has 0 saturated heterocycles. The second-order valence-electron chi connectivity index (χ2n) is 3.50. The monoisotopic (exact) mass is 243 g/mol. The molecule has 0 radical (unpaired) electrons. The number of halogens is 1. The average molecular weight is 243 g/mol. The zero-order valence-electron chi connectivity index (χ0n) is 9.06. The Balaban J connectivity index is 2.30. The third-order valence-electron chi connectivity index (χ3n) is 2.26. The van der Waals surface area contributed by atoms with Crippen molar-refractivity contribution in [1.82, 2.24) is 0 Å². The lowest BCUT2D eigenvalue weighted by molar-refractivity contribution is 0.624. The standard InChI is InChI=1S/C14H10FNS/c15-12-6-7-14(11(10-12)8-9-16)17-13-4-2-1-3-5-13/h1-7,10H,8H2. The topological polar surface area (TPSA) is 23.8 Å². The van der Waals surface area contributed by atoms with Crippen molar-refractivity contribution in [2.45, 2.75) is 16.2 Å². The van der Waals surface area contributed by atoms with Crippen molar-refractivity contribution in [2.75, 3.05) is 0 Å². The van der Waals surface area contributed by atoms with Crippen LogP contribution in [0, 0.1) is 17.1 Å². The van der Waals surface area contributed by atoms with Crippen molar-refractivity contribution in [3.8, 4) is 6.07 Å². The molecule has 2 rings (SSSR count). The largest absolute Gasteiger partial charge is 0.207 e. The van der Waals surface area contributed by atoms with E-state index in [0.717, 1.165) is 15.4 Å². The molecule has 2 aromatic rings. The molecule has 0 saturated carbocycles. The zero-order valence-corrected chi connectivity index (χ0v) is 9.88. The summed E-state index contributed by atoms with van der Waals surface area (Å²) in [5.41, 5.74) is 0.737. The fourth-order valence-electron chi connectivity index (χ4n) is 1.49. The Hall–Kier alpha value is -1.79. The lowest BCUT2D eigenvalue weighted by Crippen LogP contribution is -1.88. The number of rotatable bonds is 3. The van der Waals surface area contributed by atoms with Crippen molar-refractivity contribution in [3.63, 3.8) is 0 Å². The van der Waals surface area contributed by atoms with E-state index >= 15 is 0 Å². The van der Waals surface area contributed by atoms with Gasteiger partial charge in [0.15, 0.2) is 0 Å². The minimum atomic E-state index is -0.298. The molecule has 2 aromatic carbocycles. The maximum Gasteiger partial charge on any atom is 0.123 e. The predicted octanol–water partition coefficient (Wildman–Crippen LogP) is 4.04. The zero-order chi connectivity index (χ0) is 12.1. The van der Waals surface area contributed by atoms with Gasteiger partial charge in [-0.2, -0.15) is 5.26 Å². The van der Waals surface area contributed by atoms with E-state index in [-0.39, 0.29) is 12.2 Å². The van der Waals surface area contributed by atoms with E-state index < -0.39 is 0 Å². The van der Waals surface area contributed by atoms with Gasteiger partial charge in [-0.15, -0.1) is 0 Å². The van der Waals surface area contributed by atoms with Crippen LogP contribution in [0.4, 0.5) is 4.39 Å². The first-order valence-electron chi connectivity index (χ1n) is 5.18. The summed E-state index contributed by atoms with van der Waals surface area (Å²) < 4.78 is 13.1. The van der Waals surface area contributed by atoms with E-state index in [0.29, 0.717) is 0 Å². The van der Waals surface area contributed by atoms with Gasteiger partial charge < -0.3 is 0 Å². The summed E-state index contributed by atoms with van der Waals surface area (Å²) in [4.78, 5) is 2.01. The number of hydrogen-bond acceptors (Lipinski definition) is 2. The van der Waals surface area contributed by atoms with Crippen LogP contribution in [0.25, 0.3) is 0 Å². The Morgan fingerprint density at radius 3 is 2.59 bits per heavy atom. The Kier molecular flexibility index (Phi) is 3.79. The SMILES string of the molecule is N#CCc1cc(F)ccc1Sc1ccccc1. The minimum Gasteiger partial charge on any atom is -0.207 e. The second-order valence-corrected chi connectivity index (χ2v) is 4.62. The van der Waals surface area contributed by atoms with Crippen LogP contribution < -0.4 is 0 Å². The first kappa shape index (κ1) is 11.7. The van der Waals surface area contributed by atoms with Gasteiger partial charge in [0.05, 0.1) is 12.5 Å². The van der Waals surface area contributed by atoms with Crippen molar-refractivity contribution >= 4 is 11.8 Å². The van der Waals surface area contributed by atoms with Crippen LogP contribution in [0.3, 0.4) is 0 Å². The molecule has 3 heteroatoms. The van der Waals surface area contributed by atoms with Crippen molar-refractivity contribution in [2.24, 2.45) is 0 Å². The molecule has 17 heavy (non-hydrogen) atoms. The molecule has 0 aliphatic rings. The van der Waals surface area contributed by atoms with Gasteiger partial charge in [0.25, 0.3) is 0 Å². The molecule has 0 bridgehead atoms. The summed E-state index contributed by atoms with van der Waals surface area (Å²) in [5, 5.41) is 8.72. The highest BCUT2D eigenvalue weighted by molar-refractivity contribution is 7.99. The maximum atomic E-state index is 13.1. The van der Waals surface area contributed by atoms with Crippen LogP contribution in [0.15, 0.2) is 58.3 Å². The van der Waals surface area contributed by atoms with Crippen LogP contribution >= 0.6 is 11.8 Å². The normalized spacial score (nSPS) is 9.88. The van der Waals surface area contributed by atoms with Gasteiger partial charge in [0.2, 0.25) is 0 Å². The van der Waals surface area contributed by atoms with Gasteiger partial charge >= 0.3 is 0 Å². The van der Waals surface area contributed by atoms with E-state index in [9.17, 15) is 4.39 Å². The van der Waals surface area contributed by atoms with Gasteiger partial charge in [-0.3, -0.25) is 0 Å². The summed E-state index contributed by atoms with van der Waals surface area (Å²) in [5.74, 6) is -0.298. The second kappa shape index (κ2) is 5.51. The number of nitriles is 1. The maximum absolute atomic E-state index is 13.1. The lowest BCUT2D eigenvalue weighted by Gasteiger charge is -2.06. The van der Waals surface area contributed by atoms with Crippen LogP contribution in [0.5, 0.6) is 0 Å². The summed E-state index contributed by atoms with van der Waals surface area (Å²) >= 11 is 1.55. The number of benzene rings is 2. The highest BCUT2D eigenvalue weighted by Crippen LogP contribution is 2.30. The molecule has 0 N–H and O–H groups in total. The first-order chi connectivity index (χ1) is 8.29. The Morgan fingerprint density at radius 1 is 1.12 bits per heavy atom. The van der Waals surface area contributed by atoms with Gasteiger partial charge in [-0.05, 0) is 35.9 Å². The van der Waals surface area contributed by atoms with Crippen LogP contribution in [-0.2, 0) is 6.42 Å². The first-order valence-corrected chi connectivity index (χ1v) is 5.99. The molecule has 0 amide bonds. The molecule has 0 heterocycles. The predicted molar refractivity (Wildman–Crippen MR) is 66.3 cm³/mol. The van der Waals surface area contributed by atoms with Crippen LogP contribution in [0.2, 0.25) is 0 Å². The van der Waals surface area contributed by atoms with Crippen molar-refractivity contribution < 1.29 is 4.39 Å². The molecule has 0 atom stereocenters. The van der Waals surface area contributed by atoms with E-state index in [4.69, 9.17) is 5.26 Å². The van der Waals surface area contributed by atoms with Crippen LogP contribution in [-0.4, -0.2) is 0 Å². The van der Waals surface area contributed by atoms with E-state index in [2.05, 4.69) is 6.07 Å². The van der Waals surface area contributed by atoms with E-state index in [1.54, 1.807) is 17.8 Å². The molecule has 0 aromatic heterocycles. The fourth-order valence-corrected chi connectivity index (χ4v) is 2.43. The molecule has 0 unspecified atom stereocenters. The third-order valence-corrected chi connectivity index (χ3v) is 3.39. The number of nitrogens with zero attached hydrogens (tertiary/aromatic N) is 1. The smallest absolute Gasteiger partial charge is 0.123 e. The third kappa shape index (κ3) is 3.08. The molecule has 0 aliphatic carbocycles. The Labute approximate surface area is 104 Å². The van der Waals surface area contributed by atoms with E-state index in [1.807, 2.05) is 30.3 Å². The molecular formula is C14H10FNS. The highest BCUT2D eigenvalue weighted by Gasteiger charge is 2.05. The molecule has 0 aliphatic heterocycles. The van der Waals surface area contributed by atoms with Gasteiger partial charge in [0.1, 0.15) is 5.82 Å². The molecule has 0 fully saturated rings. The van der Waals surface area contributed by atoms with Crippen molar-refractivity contribution in [1.29, 1.82) is 5.26 Å². The summed E-state index contributed by atoms with van der Waals surface area (Å²) in [6.45, 7) is 0. The van der Waals surface area contributed by atoms with E-state index in [1.165, 1.54) is 12.1 Å². The minimum absolute atomic E-state index is 0.229. The fraction of sp³-hybridized carbons (Fsp3) is 0.0714. The summed E-state index contributed by atoms with van der Waals surface area (Å²) in [7, 11) is 0. The Morgan fingerprint density at radius 2 is 1.88 bits per heavy atom. The lowest BCUT2D eigenvalue weighted by atomic mass is 10.2. The van der Waals surface area contributed by atoms with Crippen molar-refractivity contribution in [3.05, 3.63) is 59.9 Å². The van der Waals surface area contributed by atoms with Gasteiger partial charge in [-0.1, -0.05) is 30.0 Å². The highest BCUT2D eigenvalue weighted by atomic mass is 32.2. The van der Waals surface area contributed by atoms with Gasteiger partial charge in [0, 0.05) is 9.79 Å². The molecule has 0 spiro atoms. The molecule has 1 nitrogen and oxygen atoms in total. The molecule has 84 valence electrons. The van der Waals surface area contributed by atoms with Crippen LogP contribution in [0.1, 0.15) is 5.56 Å². The summed E-state index contributed by atoms with van der Waals surface area (Å²) in [6, 6.07) is 16.5. The Bertz CT molecular complexity index is 546.